The Bertz CT molecular complexity index is 802. The van der Waals surface area contributed by atoms with Crippen LogP contribution < -0.4 is 4.90 Å². The van der Waals surface area contributed by atoms with E-state index in [0.29, 0.717) is 17.5 Å². The van der Waals surface area contributed by atoms with Crippen molar-refractivity contribution in [3.05, 3.63) is 66.1 Å². The number of β-lactam (4-membered cyclic amide) rings is 1. The van der Waals surface area contributed by atoms with E-state index in [4.69, 9.17) is 4.42 Å². The Balaban J connectivity index is 1.87. The fraction of sp³-hybridized carbons (Fsp3) is 0.200. The van der Waals surface area contributed by atoms with E-state index in [1.54, 1.807) is 11.0 Å². The highest BCUT2D eigenvalue weighted by molar-refractivity contribution is 6.02. The highest BCUT2D eigenvalue weighted by Crippen LogP contribution is 2.34. The van der Waals surface area contributed by atoms with Gasteiger partial charge >= 0.3 is 6.01 Å². The molecule has 0 bridgehead atoms. The summed E-state index contributed by atoms with van der Waals surface area (Å²) in [5.74, 6) is 0.538. The van der Waals surface area contributed by atoms with Crippen molar-refractivity contribution in [2.45, 2.75) is 19.9 Å². The highest BCUT2D eigenvalue weighted by atomic mass is 16.4. The van der Waals surface area contributed by atoms with Crippen LogP contribution in [0.3, 0.4) is 0 Å². The summed E-state index contributed by atoms with van der Waals surface area (Å²) in [6.07, 6.45) is 9.35. The molecule has 0 radical (unpaired) electrons. The van der Waals surface area contributed by atoms with E-state index in [9.17, 15) is 4.79 Å². The minimum atomic E-state index is -0.0887. The number of aromatic nitrogens is 1. The third-order valence-corrected chi connectivity index (χ3v) is 4.11. The van der Waals surface area contributed by atoms with Crippen molar-refractivity contribution in [1.29, 1.82) is 0 Å². The van der Waals surface area contributed by atoms with Gasteiger partial charge in [0, 0.05) is 0 Å². The molecule has 24 heavy (non-hydrogen) atoms. The summed E-state index contributed by atoms with van der Waals surface area (Å²) in [4.78, 5) is 18.3. The molecule has 2 aromatic rings. The maximum absolute atomic E-state index is 12.3. The molecule has 1 saturated heterocycles. The van der Waals surface area contributed by atoms with E-state index >= 15 is 0 Å². The van der Waals surface area contributed by atoms with Gasteiger partial charge in [-0.1, -0.05) is 62.1 Å². The van der Waals surface area contributed by atoms with Gasteiger partial charge in [-0.2, -0.15) is 4.98 Å². The first kappa shape index (κ1) is 16.0. The number of anilines is 1. The normalized spacial score (nSPS) is 20.8. The SMILES string of the molecule is C=Cc1nc(N2C(=O)[C@@H](C)[C@H]2/C=C/c2ccccc2)oc1/C=C\C. The van der Waals surface area contributed by atoms with Gasteiger partial charge in [0.1, 0.15) is 5.69 Å². The predicted molar refractivity (Wildman–Crippen MR) is 97.2 cm³/mol. The number of carbonyl (C=O) groups is 1. The molecule has 0 N–H and O–H groups in total. The molecular weight excluding hydrogens is 300 g/mol. The second kappa shape index (κ2) is 6.71. The van der Waals surface area contributed by atoms with E-state index in [0.717, 1.165) is 5.56 Å². The summed E-state index contributed by atoms with van der Waals surface area (Å²) in [6, 6.07) is 10.3. The third-order valence-electron chi connectivity index (χ3n) is 4.11. The largest absolute Gasteiger partial charge is 0.423 e. The van der Waals surface area contributed by atoms with Gasteiger partial charge in [-0.3, -0.25) is 9.69 Å². The number of amides is 1. The van der Waals surface area contributed by atoms with Crippen LogP contribution in [0, 0.1) is 5.92 Å². The van der Waals surface area contributed by atoms with E-state index in [1.165, 1.54) is 0 Å². The number of benzene rings is 1. The van der Waals surface area contributed by atoms with Crippen molar-refractivity contribution in [2.75, 3.05) is 4.90 Å². The molecule has 4 heteroatoms. The average molecular weight is 320 g/mol. The molecule has 122 valence electrons. The van der Waals surface area contributed by atoms with Crippen molar-refractivity contribution in [1.82, 2.24) is 4.98 Å². The maximum Gasteiger partial charge on any atom is 0.305 e. The number of nitrogens with zero attached hydrogens (tertiary/aromatic N) is 2. The minimum absolute atomic E-state index is 0.0154. The third kappa shape index (κ3) is 2.83. The Morgan fingerprint density at radius 2 is 2.00 bits per heavy atom. The van der Waals surface area contributed by atoms with Gasteiger partial charge < -0.3 is 4.42 Å². The van der Waals surface area contributed by atoms with Crippen LogP contribution in [0.2, 0.25) is 0 Å². The second-order valence-corrected chi connectivity index (χ2v) is 5.71. The maximum atomic E-state index is 12.3. The zero-order valence-corrected chi connectivity index (χ0v) is 13.8. The molecule has 3 rings (SSSR count). The zero-order valence-electron chi connectivity index (χ0n) is 13.8. The lowest BCUT2D eigenvalue weighted by atomic mass is 9.89. The second-order valence-electron chi connectivity index (χ2n) is 5.71. The molecule has 1 fully saturated rings. The molecule has 1 amide bonds. The van der Waals surface area contributed by atoms with Crippen molar-refractivity contribution in [3.8, 4) is 0 Å². The summed E-state index contributed by atoms with van der Waals surface area (Å²) < 4.78 is 5.75. The summed E-state index contributed by atoms with van der Waals surface area (Å²) >= 11 is 0. The van der Waals surface area contributed by atoms with Crippen LogP contribution >= 0.6 is 0 Å². The molecule has 1 aliphatic rings. The van der Waals surface area contributed by atoms with Crippen LogP contribution in [0.25, 0.3) is 18.2 Å². The molecule has 4 nitrogen and oxygen atoms in total. The summed E-state index contributed by atoms with van der Waals surface area (Å²) in [5.41, 5.74) is 1.74. The van der Waals surface area contributed by atoms with Crippen LogP contribution in [0.15, 0.2) is 53.5 Å². The van der Waals surface area contributed by atoms with Crippen LogP contribution in [0.4, 0.5) is 6.01 Å². The first-order valence-corrected chi connectivity index (χ1v) is 7.98. The van der Waals surface area contributed by atoms with Crippen molar-refractivity contribution in [3.63, 3.8) is 0 Å². The fourth-order valence-electron chi connectivity index (χ4n) is 2.75. The van der Waals surface area contributed by atoms with E-state index in [1.807, 2.05) is 68.5 Å². The lowest BCUT2D eigenvalue weighted by Crippen LogP contribution is -2.59. The number of hydrogen-bond acceptors (Lipinski definition) is 3. The number of rotatable bonds is 5. The average Bonchev–Trinajstić information content (AvgIpc) is 3.01. The van der Waals surface area contributed by atoms with E-state index in [2.05, 4.69) is 11.6 Å². The molecule has 1 aromatic heterocycles. The Kier molecular flexibility index (Phi) is 4.47. The summed E-state index contributed by atoms with van der Waals surface area (Å²) in [6.45, 7) is 7.57. The summed E-state index contributed by atoms with van der Waals surface area (Å²) in [7, 11) is 0. The Labute approximate surface area is 141 Å². The van der Waals surface area contributed by atoms with Crippen molar-refractivity contribution < 1.29 is 9.21 Å². The predicted octanol–water partition coefficient (Wildman–Crippen LogP) is 4.42. The van der Waals surface area contributed by atoms with Crippen molar-refractivity contribution >= 4 is 30.1 Å². The topological polar surface area (TPSA) is 46.3 Å². The molecule has 0 saturated carbocycles. The quantitative estimate of drug-likeness (QED) is 0.766. The van der Waals surface area contributed by atoms with Crippen molar-refractivity contribution in [2.24, 2.45) is 5.92 Å². The van der Waals surface area contributed by atoms with Gasteiger partial charge in [-0.25, -0.2) is 0 Å². The van der Waals surface area contributed by atoms with Gasteiger partial charge in [0.2, 0.25) is 5.91 Å². The molecular formula is C20H20N2O2. The highest BCUT2D eigenvalue weighted by Gasteiger charge is 2.46. The van der Waals surface area contributed by atoms with Crippen LogP contribution in [-0.4, -0.2) is 16.9 Å². The molecule has 2 heterocycles. The number of hydrogen-bond donors (Lipinski definition) is 0. The van der Waals surface area contributed by atoms with E-state index in [-0.39, 0.29) is 17.9 Å². The first-order valence-electron chi connectivity index (χ1n) is 7.98. The Morgan fingerprint density at radius 1 is 1.25 bits per heavy atom. The minimum Gasteiger partial charge on any atom is -0.423 e. The molecule has 0 unspecified atom stereocenters. The standard InChI is InChI=1S/C20H20N2O2/c1-4-9-18-16(5-2)21-20(24-18)22-17(14(3)19(22)23)13-12-15-10-7-6-8-11-15/h4-14,17H,2H2,1,3H3/b9-4-,13-12+/t14-,17+/m0/s1. The van der Waals surface area contributed by atoms with Gasteiger partial charge in [0.15, 0.2) is 5.76 Å². The zero-order chi connectivity index (χ0) is 17.1. The smallest absolute Gasteiger partial charge is 0.305 e. The first-order chi connectivity index (χ1) is 11.7. The van der Waals surface area contributed by atoms with E-state index < -0.39 is 0 Å². The van der Waals surface area contributed by atoms with Gasteiger partial charge in [0.05, 0.1) is 12.0 Å². The lowest BCUT2D eigenvalue weighted by Gasteiger charge is -2.41. The number of allylic oxidation sites excluding steroid dienone is 1. The lowest BCUT2D eigenvalue weighted by molar-refractivity contribution is -0.128. The monoisotopic (exact) mass is 320 g/mol. The molecule has 0 aliphatic carbocycles. The van der Waals surface area contributed by atoms with Gasteiger partial charge in [0.25, 0.3) is 0 Å². The number of oxazole rings is 1. The fourth-order valence-corrected chi connectivity index (χ4v) is 2.75. The van der Waals surface area contributed by atoms with Crippen LogP contribution in [-0.2, 0) is 4.79 Å². The molecule has 2 atom stereocenters. The molecule has 1 aromatic carbocycles. The van der Waals surface area contributed by atoms with Gasteiger partial charge in [-0.05, 0) is 24.6 Å². The molecule has 0 spiro atoms. The number of carbonyl (C=O) groups excluding carboxylic acids is 1. The Hall–Kier alpha value is -2.88. The van der Waals surface area contributed by atoms with Crippen LogP contribution in [0.1, 0.15) is 30.9 Å². The van der Waals surface area contributed by atoms with Gasteiger partial charge in [-0.15, -0.1) is 0 Å². The Morgan fingerprint density at radius 3 is 2.67 bits per heavy atom. The molecule has 1 aliphatic heterocycles. The summed E-state index contributed by atoms with van der Waals surface area (Å²) in [5, 5.41) is 0. The van der Waals surface area contributed by atoms with Crippen LogP contribution in [0.5, 0.6) is 0 Å².